The number of rotatable bonds is 18. The van der Waals surface area contributed by atoms with Crippen LogP contribution >= 0.6 is 0 Å². The first kappa shape index (κ1) is 27.9. The summed E-state index contributed by atoms with van der Waals surface area (Å²) >= 11 is 0. The van der Waals surface area contributed by atoms with Crippen LogP contribution in [0.15, 0.2) is 29.1 Å². The van der Waals surface area contributed by atoms with Gasteiger partial charge >= 0.3 is 11.9 Å². The summed E-state index contributed by atoms with van der Waals surface area (Å²) in [6, 6.07) is 5.59. The van der Waals surface area contributed by atoms with Gasteiger partial charge in [-0.25, -0.2) is 0 Å². The Hall–Kier alpha value is -2.17. The van der Waals surface area contributed by atoms with Crippen LogP contribution in [0.1, 0.15) is 117 Å². The van der Waals surface area contributed by atoms with E-state index in [9.17, 15) is 14.4 Å². The van der Waals surface area contributed by atoms with Crippen LogP contribution in [0.5, 0.6) is 11.5 Å². The van der Waals surface area contributed by atoms with Crippen LogP contribution < -0.4 is 14.9 Å². The number of unbranched alkanes of at least 4 members (excludes halogenated alkanes) is 12. The zero-order valence-corrected chi connectivity index (χ0v) is 20.2. The maximum atomic E-state index is 12.1. The standard InChI is InChI=1S/C27H42O5/c1-3-5-7-8-9-10-11-12-13-14-16-18-26(29)31-23-19-21-24(28)25(22-20-23)32-27(30)17-15-6-4-2/h19-22H,3-18H2,1-2H3. The molecule has 0 radical (unpaired) electrons. The van der Waals surface area contributed by atoms with Gasteiger partial charge in [0.2, 0.25) is 5.43 Å². The minimum atomic E-state index is -0.420. The molecule has 0 saturated heterocycles. The van der Waals surface area contributed by atoms with Gasteiger partial charge in [-0.15, -0.1) is 0 Å². The first-order valence-corrected chi connectivity index (χ1v) is 12.6. The Kier molecular flexibility index (Phi) is 16.0. The minimum absolute atomic E-state index is 0.0424. The lowest BCUT2D eigenvalue weighted by molar-refractivity contribution is -0.135. The Labute approximate surface area is 193 Å². The number of esters is 2. The second-order valence-corrected chi connectivity index (χ2v) is 8.49. The molecule has 1 rings (SSSR count). The molecule has 0 atom stereocenters. The molecular formula is C27H42O5. The molecule has 0 heterocycles. The third-order valence-corrected chi connectivity index (χ3v) is 5.47. The van der Waals surface area contributed by atoms with Crippen LogP contribution in [0.4, 0.5) is 0 Å². The summed E-state index contributed by atoms with van der Waals surface area (Å²) in [5.41, 5.74) is -0.415. The van der Waals surface area contributed by atoms with Crippen molar-refractivity contribution < 1.29 is 19.1 Å². The normalized spacial score (nSPS) is 10.7. The van der Waals surface area contributed by atoms with Crippen molar-refractivity contribution in [3.63, 3.8) is 0 Å². The van der Waals surface area contributed by atoms with E-state index in [1.807, 2.05) is 0 Å². The molecule has 180 valence electrons. The molecule has 0 amide bonds. The highest BCUT2D eigenvalue weighted by Crippen LogP contribution is 2.15. The Morgan fingerprint density at radius 2 is 1.03 bits per heavy atom. The fourth-order valence-corrected chi connectivity index (χ4v) is 3.50. The number of carbonyl (C=O) groups is 2. The molecule has 0 aliphatic carbocycles. The molecule has 0 aliphatic rings. The predicted molar refractivity (Wildman–Crippen MR) is 129 cm³/mol. The molecule has 1 aromatic rings. The van der Waals surface area contributed by atoms with E-state index >= 15 is 0 Å². The van der Waals surface area contributed by atoms with E-state index in [1.54, 1.807) is 0 Å². The van der Waals surface area contributed by atoms with Crippen molar-refractivity contribution in [3.8, 4) is 11.5 Å². The first-order chi connectivity index (χ1) is 15.6. The molecule has 0 aromatic heterocycles. The van der Waals surface area contributed by atoms with Gasteiger partial charge in [-0.05, 0) is 37.1 Å². The molecule has 5 nitrogen and oxygen atoms in total. The second kappa shape index (κ2) is 18.4. The van der Waals surface area contributed by atoms with E-state index in [0.29, 0.717) is 6.42 Å². The van der Waals surface area contributed by atoms with Crippen LogP contribution in [-0.2, 0) is 9.59 Å². The molecule has 0 bridgehead atoms. The second-order valence-electron chi connectivity index (χ2n) is 8.49. The van der Waals surface area contributed by atoms with E-state index in [4.69, 9.17) is 9.47 Å². The molecular weight excluding hydrogens is 404 g/mol. The zero-order valence-electron chi connectivity index (χ0n) is 20.2. The van der Waals surface area contributed by atoms with E-state index in [-0.39, 0.29) is 23.9 Å². The van der Waals surface area contributed by atoms with Crippen molar-refractivity contribution in [2.75, 3.05) is 0 Å². The van der Waals surface area contributed by atoms with Crippen LogP contribution in [-0.4, -0.2) is 11.9 Å². The van der Waals surface area contributed by atoms with Crippen LogP contribution in [0.25, 0.3) is 0 Å². The van der Waals surface area contributed by atoms with Gasteiger partial charge in [0, 0.05) is 12.8 Å². The van der Waals surface area contributed by atoms with Crippen LogP contribution in [0.3, 0.4) is 0 Å². The number of carbonyl (C=O) groups excluding carboxylic acids is 2. The minimum Gasteiger partial charge on any atom is -0.427 e. The molecule has 1 aromatic carbocycles. The summed E-state index contributed by atoms with van der Waals surface area (Å²) < 4.78 is 10.5. The van der Waals surface area contributed by atoms with Gasteiger partial charge in [-0.2, -0.15) is 0 Å². The maximum absolute atomic E-state index is 12.1. The van der Waals surface area contributed by atoms with E-state index in [1.165, 1.54) is 75.6 Å². The van der Waals surface area contributed by atoms with Gasteiger partial charge in [-0.1, -0.05) is 90.9 Å². The largest absolute Gasteiger partial charge is 0.427 e. The third-order valence-electron chi connectivity index (χ3n) is 5.47. The molecule has 0 saturated carbocycles. The van der Waals surface area contributed by atoms with Crippen molar-refractivity contribution in [1.82, 2.24) is 0 Å². The van der Waals surface area contributed by atoms with Crippen molar-refractivity contribution in [3.05, 3.63) is 34.5 Å². The van der Waals surface area contributed by atoms with E-state index < -0.39 is 11.4 Å². The molecule has 32 heavy (non-hydrogen) atoms. The SMILES string of the molecule is CCCCCCCCCCCCCC(=O)Oc1ccc(OC(=O)CCCCC)c(=O)cc1. The molecule has 0 N–H and O–H groups in total. The van der Waals surface area contributed by atoms with Gasteiger partial charge < -0.3 is 9.47 Å². The topological polar surface area (TPSA) is 69.7 Å². The fraction of sp³-hybridized carbons (Fsp3) is 0.667. The monoisotopic (exact) mass is 446 g/mol. The van der Waals surface area contributed by atoms with Crippen molar-refractivity contribution in [1.29, 1.82) is 0 Å². The van der Waals surface area contributed by atoms with Crippen molar-refractivity contribution in [2.45, 2.75) is 117 Å². The smallest absolute Gasteiger partial charge is 0.311 e. The van der Waals surface area contributed by atoms with E-state index in [2.05, 4.69) is 13.8 Å². The highest BCUT2D eigenvalue weighted by atomic mass is 16.5. The molecule has 5 heteroatoms. The predicted octanol–water partition coefficient (Wildman–Crippen LogP) is 7.14. The zero-order chi connectivity index (χ0) is 23.4. The lowest BCUT2D eigenvalue weighted by atomic mass is 10.1. The maximum Gasteiger partial charge on any atom is 0.311 e. The highest BCUT2D eigenvalue weighted by Gasteiger charge is 2.09. The first-order valence-electron chi connectivity index (χ1n) is 12.6. The summed E-state index contributed by atoms with van der Waals surface area (Å²) in [7, 11) is 0. The summed E-state index contributed by atoms with van der Waals surface area (Å²) in [4.78, 5) is 36.0. The molecule has 0 fully saturated rings. The highest BCUT2D eigenvalue weighted by molar-refractivity contribution is 5.73. The molecule has 0 unspecified atom stereocenters. The third kappa shape index (κ3) is 14.0. The van der Waals surface area contributed by atoms with E-state index in [0.717, 1.165) is 38.5 Å². The van der Waals surface area contributed by atoms with Crippen LogP contribution in [0.2, 0.25) is 0 Å². The van der Waals surface area contributed by atoms with Gasteiger partial charge in [-0.3, -0.25) is 14.4 Å². The quantitative estimate of drug-likeness (QED) is 0.177. The Bertz CT molecular complexity index is 713. The molecule has 0 spiro atoms. The Balaban J connectivity index is 2.25. The van der Waals surface area contributed by atoms with Crippen molar-refractivity contribution in [2.24, 2.45) is 0 Å². The summed E-state index contributed by atoms with van der Waals surface area (Å²) in [5, 5.41) is 0. The fourth-order valence-electron chi connectivity index (χ4n) is 3.50. The number of hydrogen-bond donors (Lipinski definition) is 0. The average molecular weight is 447 g/mol. The summed E-state index contributed by atoms with van der Waals surface area (Å²) in [5.74, 6) is -0.489. The summed E-state index contributed by atoms with van der Waals surface area (Å²) in [6.45, 7) is 4.29. The van der Waals surface area contributed by atoms with Gasteiger partial charge in [0.1, 0.15) is 5.75 Å². The van der Waals surface area contributed by atoms with Gasteiger partial charge in [0.15, 0.2) is 5.75 Å². The number of ether oxygens (including phenoxy) is 2. The summed E-state index contributed by atoms with van der Waals surface area (Å²) in [6.07, 6.45) is 16.8. The lowest BCUT2D eigenvalue weighted by Crippen LogP contribution is -2.12. The average Bonchev–Trinajstić information content (AvgIpc) is 2.94. The van der Waals surface area contributed by atoms with Gasteiger partial charge in [0.25, 0.3) is 0 Å². The Morgan fingerprint density at radius 3 is 1.62 bits per heavy atom. The molecule has 0 aliphatic heterocycles. The Morgan fingerprint density at radius 1 is 0.594 bits per heavy atom. The van der Waals surface area contributed by atoms with Gasteiger partial charge in [0.05, 0.1) is 0 Å². The van der Waals surface area contributed by atoms with Crippen molar-refractivity contribution >= 4 is 11.9 Å². The number of hydrogen-bond acceptors (Lipinski definition) is 5. The van der Waals surface area contributed by atoms with Crippen LogP contribution in [0, 0.1) is 0 Å². The lowest BCUT2D eigenvalue weighted by Gasteiger charge is -2.04.